The van der Waals surface area contributed by atoms with E-state index in [1.807, 2.05) is 0 Å². The van der Waals surface area contributed by atoms with Crippen molar-refractivity contribution in [3.05, 3.63) is 59.4 Å². The van der Waals surface area contributed by atoms with E-state index in [2.05, 4.69) is 0 Å². The second kappa shape index (κ2) is 4.84. The average Bonchev–Trinajstić information content (AvgIpc) is 2.39. The fourth-order valence-corrected chi connectivity index (χ4v) is 1.72. The molecule has 0 aliphatic heterocycles. The van der Waals surface area contributed by atoms with Gasteiger partial charge in [0, 0.05) is 16.8 Å². The van der Waals surface area contributed by atoms with Crippen molar-refractivity contribution in [2.75, 3.05) is 12.8 Å². The summed E-state index contributed by atoms with van der Waals surface area (Å²) in [6.07, 6.45) is 0. The van der Waals surface area contributed by atoms with Gasteiger partial charge in [-0.05, 0) is 30.3 Å². The highest BCUT2D eigenvalue weighted by molar-refractivity contribution is 5.44. The van der Waals surface area contributed by atoms with Gasteiger partial charge in [-0.2, -0.15) is 8.78 Å². The third-order valence-corrected chi connectivity index (χ3v) is 2.79. The number of halogens is 3. The highest BCUT2D eigenvalue weighted by atomic mass is 19.3. The molecule has 0 aliphatic carbocycles. The summed E-state index contributed by atoms with van der Waals surface area (Å²) in [7, 11) is 1.27. The molecule has 0 saturated heterocycles. The Kier molecular flexibility index (Phi) is 3.38. The van der Waals surface area contributed by atoms with E-state index in [0.717, 1.165) is 12.1 Å². The zero-order valence-corrected chi connectivity index (χ0v) is 10.2. The lowest BCUT2D eigenvalue weighted by atomic mass is 10.00. The Balaban J connectivity index is 2.43. The van der Waals surface area contributed by atoms with E-state index in [9.17, 15) is 13.2 Å². The van der Waals surface area contributed by atoms with Crippen LogP contribution in [0.25, 0.3) is 0 Å². The van der Waals surface area contributed by atoms with Crippen molar-refractivity contribution in [3.63, 3.8) is 0 Å². The van der Waals surface area contributed by atoms with Crippen LogP contribution in [-0.2, 0) is 5.92 Å². The molecule has 0 spiro atoms. The molecule has 0 heterocycles. The lowest BCUT2D eigenvalue weighted by Gasteiger charge is -2.18. The number of methoxy groups -OCH3 is 1. The number of benzene rings is 2. The molecule has 0 aromatic heterocycles. The Labute approximate surface area is 108 Å². The van der Waals surface area contributed by atoms with Gasteiger partial charge in [-0.3, -0.25) is 0 Å². The molecule has 0 atom stereocenters. The van der Waals surface area contributed by atoms with Crippen molar-refractivity contribution in [1.29, 1.82) is 0 Å². The molecule has 2 nitrogen and oxygen atoms in total. The van der Waals surface area contributed by atoms with Crippen LogP contribution >= 0.6 is 0 Å². The highest BCUT2D eigenvalue weighted by Crippen LogP contribution is 2.37. The van der Waals surface area contributed by atoms with Gasteiger partial charge >= 0.3 is 0 Å². The van der Waals surface area contributed by atoms with Crippen molar-refractivity contribution < 1.29 is 17.9 Å². The molecule has 100 valence electrons. The molecule has 0 bridgehead atoms. The number of ether oxygens (including phenoxy) is 1. The number of nitrogens with two attached hydrogens (primary N) is 1. The molecule has 2 rings (SSSR count). The normalized spacial score (nSPS) is 11.4. The summed E-state index contributed by atoms with van der Waals surface area (Å²) in [6.45, 7) is 0. The summed E-state index contributed by atoms with van der Waals surface area (Å²) in [5.74, 6) is -4.19. The number of nitrogen functional groups attached to an aromatic ring is 1. The van der Waals surface area contributed by atoms with E-state index in [0.29, 0.717) is 5.69 Å². The zero-order valence-electron chi connectivity index (χ0n) is 10.2. The van der Waals surface area contributed by atoms with E-state index < -0.39 is 17.3 Å². The molecule has 0 radical (unpaired) electrons. The van der Waals surface area contributed by atoms with Gasteiger partial charge < -0.3 is 10.5 Å². The standard InChI is InChI=1S/C14H12F3NO/c1-19-13-7-4-10(8-12(13)15)14(16,17)9-2-5-11(18)6-3-9/h2-8H,18H2,1H3. The van der Waals surface area contributed by atoms with Crippen LogP contribution in [0, 0.1) is 5.82 Å². The molecule has 2 aromatic rings. The number of hydrogen-bond donors (Lipinski definition) is 1. The van der Waals surface area contributed by atoms with Crippen LogP contribution in [-0.4, -0.2) is 7.11 Å². The summed E-state index contributed by atoms with van der Waals surface area (Å²) in [6, 6.07) is 8.28. The Hall–Kier alpha value is -2.17. The van der Waals surface area contributed by atoms with Gasteiger partial charge in [0.1, 0.15) is 0 Å². The first-order chi connectivity index (χ1) is 8.95. The Morgan fingerprint density at radius 1 is 1.00 bits per heavy atom. The van der Waals surface area contributed by atoms with Crippen molar-refractivity contribution in [2.45, 2.75) is 5.92 Å². The fraction of sp³-hybridized carbons (Fsp3) is 0.143. The van der Waals surface area contributed by atoms with E-state index in [1.165, 1.54) is 37.4 Å². The SMILES string of the molecule is COc1ccc(C(F)(F)c2ccc(N)cc2)cc1F. The highest BCUT2D eigenvalue weighted by Gasteiger charge is 2.34. The fourth-order valence-electron chi connectivity index (χ4n) is 1.72. The molecule has 2 aromatic carbocycles. The summed E-state index contributed by atoms with van der Waals surface area (Å²) in [5, 5.41) is 0. The number of hydrogen-bond acceptors (Lipinski definition) is 2. The molecule has 2 N–H and O–H groups in total. The number of alkyl halides is 2. The van der Waals surface area contributed by atoms with Crippen molar-refractivity contribution in [1.82, 2.24) is 0 Å². The molecule has 0 saturated carbocycles. The van der Waals surface area contributed by atoms with Crippen LogP contribution in [0.4, 0.5) is 18.9 Å². The van der Waals surface area contributed by atoms with Gasteiger partial charge in [-0.15, -0.1) is 0 Å². The zero-order chi connectivity index (χ0) is 14.0. The van der Waals surface area contributed by atoms with Crippen LogP contribution in [0.15, 0.2) is 42.5 Å². The summed E-state index contributed by atoms with van der Waals surface area (Å²) in [5.41, 5.74) is 5.16. The Morgan fingerprint density at radius 2 is 1.58 bits per heavy atom. The van der Waals surface area contributed by atoms with Gasteiger partial charge in [0.25, 0.3) is 5.92 Å². The van der Waals surface area contributed by atoms with Crippen molar-refractivity contribution in [3.8, 4) is 5.75 Å². The molecule has 5 heteroatoms. The summed E-state index contributed by atoms with van der Waals surface area (Å²) >= 11 is 0. The van der Waals surface area contributed by atoms with Crippen molar-refractivity contribution in [2.24, 2.45) is 0 Å². The first-order valence-electron chi connectivity index (χ1n) is 5.53. The lowest BCUT2D eigenvalue weighted by Crippen LogP contribution is -2.15. The van der Waals surface area contributed by atoms with Gasteiger partial charge in [0.15, 0.2) is 11.6 Å². The minimum atomic E-state index is -3.29. The predicted octanol–water partition coefficient (Wildman–Crippen LogP) is 3.56. The Bertz CT molecular complexity index is 582. The molecule has 0 aliphatic rings. The van der Waals surface area contributed by atoms with Gasteiger partial charge in [0.2, 0.25) is 0 Å². The molecular weight excluding hydrogens is 255 g/mol. The maximum atomic E-state index is 14.2. The van der Waals surface area contributed by atoms with Gasteiger partial charge in [0.05, 0.1) is 7.11 Å². The van der Waals surface area contributed by atoms with Crippen LogP contribution in [0.2, 0.25) is 0 Å². The monoisotopic (exact) mass is 267 g/mol. The predicted molar refractivity (Wildman–Crippen MR) is 66.8 cm³/mol. The maximum absolute atomic E-state index is 14.2. The largest absolute Gasteiger partial charge is 0.494 e. The maximum Gasteiger partial charge on any atom is 0.298 e. The minimum Gasteiger partial charge on any atom is -0.494 e. The average molecular weight is 267 g/mol. The molecule has 19 heavy (non-hydrogen) atoms. The number of anilines is 1. The van der Waals surface area contributed by atoms with E-state index in [4.69, 9.17) is 10.5 Å². The van der Waals surface area contributed by atoms with E-state index in [1.54, 1.807) is 0 Å². The van der Waals surface area contributed by atoms with Crippen LogP contribution < -0.4 is 10.5 Å². The van der Waals surface area contributed by atoms with Crippen LogP contribution in [0.1, 0.15) is 11.1 Å². The topological polar surface area (TPSA) is 35.2 Å². The second-order valence-corrected chi connectivity index (χ2v) is 4.05. The summed E-state index contributed by atoms with van der Waals surface area (Å²) < 4.78 is 46.6. The lowest BCUT2D eigenvalue weighted by molar-refractivity contribution is 0.0424. The van der Waals surface area contributed by atoms with Gasteiger partial charge in [-0.1, -0.05) is 12.1 Å². The van der Waals surface area contributed by atoms with Gasteiger partial charge in [-0.25, -0.2) is 4.39 Å². The molecule has 0 unspecified atom stereocenters. The van der Waals surface area contributed by atoms with E-state index >= 15 is 0 Å². The Morgan fingerprint density at radius 3 is 2.11 bits per heavy atom. The second-order valence-electron chi connectivity index (χ2n) is 4.05. The first-order valence-corrected chi connectivity index (χ1v) is 5.53. The third kappa shape index (κ3) is 2.50. The van der Waals surface area contributed by atoms with Crippen LogP contribution in [0.5, 0.6) is 5.75 Å². The summed E-state index contributed by atoms with van der Waals surface area (Å²) in [4.78, 5) is 0. The number of rotatable bonds is 3. The smallest absolute Gasteiger partial charge is 0.298 e. The minimum absolute atomic E-state index is 0.0724. The third-order valence-electron chi connectivity index (χ3n) is 2.79. The van der Waals surface area contributed by atoms with Crippen molar-refractivity contribution >= 4 is 5.69 Å². The first kappa shape index (κ1) is 13.3. The quantitative estimate of drug-likeness (QED) is 0.863. The molecule has 0 amide bonds. The van der Waals surface area contributed by atoms with E-state index in [-0.39, 0.29) is 11.3 Å². The van der Waals surface area contributed by atoms with Crippen LogP contribution in [0.3, 0.4) is 0 Å². The molecule has 0 fully saturated rings. The molecular formula is C14H12F3NO.